The zero-order valence-corrected chi connectivity index (χ0v) is 18.1. The minimum atomic E-state index is -0.981. The first-order chi connectivity index (χ1) is 16.0. The Bertz CT molecular complexity index is 1460. The van der Waals surface area contributed by atoms with E-state index in [1.807, 2.05) is 53.4 Å². The molecular weight excluding hydrogens is 418 g/mol. The number of nitrogens with zero attached hydrogens (tertiary/aromatic N) is 2. The number of aromatic amines is 1. The number of hydrogen-bond acceptors (Lipinski definition) is 5. The fourth-order valence-corrected chi connectivity index (χ4v) is 4.46. The molecule has 0 bridgehead atoms. The second kappa shape index (κ2) is 8.38. The summed E-state index contributed by atoms with van der Waals surface area (Å²) in [6.07, 6.45) is 7.69. The third kappa shape index (κ3) is 3.91. The fourth-order valence-electron chi connectivity index (χ4n) is 4.46. The summed E-state index contributed by atoms with van der Waals surface area (Å²) in [7, 11) is 0. The molecule has 2 aromatic carbocycles. The van der Waals surface area contributed by atoms with Gasteiger partial charge in [0.05, 0.1) is 17.0 Å². The maximum absolute atomic E-state index is 12.0. The van der Waals surface area contributed by atoms with Gasteiger partial charge in [-0.2, -0.15) is 0 Å². The topological polar surface area (TPSA) is 104 Å². The monoisotopic (exact) mass is 443 g/mol. The lowest BCUT2D eigenvalue weighted by atomic mass is 9.89. The molecule has 0 spiro atoms. The van der Waals surface area contributed by atoms with Gasteiger partial charge in [-0.05, 0) is 66.6 Å². The number of rotatable bonds is 6. The van der Waals surface area contributed by atoms with Crippen LogP contribution in [0, 0.1) is 0 Å². The summed E-state index contributed by atoms with van der Waals surface area (Å²) in [5.41, 5.74) is 4.09. The Morgan fingerprint density at radius 3 is 2.64 bits per heavy atom. The lowest BCUT2D eigenvalue weighted by molar-refractivity contribution is 0.186. The maximum atomic E-state index is 12.0. The first-order valence-corrected chi connectivity index (χ1v) is 11.0. The standard InChI is InChI=1S/C25H25N5O3/c1-16(27-18-7-3-2-4-8-18)26-14-17-11-12-29(15-17)21-13-22-23(20-10-6-5-9-19(20)21)28-24(31)25(32)30(22)33/h2-4,7-8,11-13,15,26-27,33H,1,5-6,9-10,14H2,(H,28,31). The Morgan fingerprint density at radius 1 is 1.09 bits per heavy atom. The van der Waals surface area contributed by atoms with E-state index in [2.05, 4.69) is 22.2 Å². The minimum Gasteiger partial charge on any atom is -0.425 e. The normalized spacial score (nSPS) is 13.0. The molecular formula is C25H25N5O3. The molecule has 5 rings (SSSR count). The van der Waals surface area contributed by atoms with E-state index in [4.69, 9.17) is 0 Å². The number of fused-ring (bicyclic) bond motifs is 3. The van der Waals surface area contributed by atoms with E-state index < -0.39 is 11.1 Å². The van der Waals surface area contributed by atoms with Crippen LogP contribution in [0.15, 0.2) is 76.8 Å². The van der Waals surface area contributed by atoms with Gasteiger partial charge in [-0.15, -0.1) is 4.73 Å². The van der Waals surface area contributed by atoms with Gasteiger partial charge in [0, 0.05) is 24.6 Å². The highest BCUT2D eigenvalue weighted by Crippen LogP contribution is 2.32. The summed E-state index contributed by atoms with van der Waals surface area (Å²) in [6.45, 7) is 4.61. The van der Waals surface area contributed by atoms with Crippen LogP contribution in [0.2, 0.25) is 0 Å². The molecule has 2 aromatic heterocycles. The molecule has 33 heavy (non-hydrogen) atoms. The summed E-state index contributed by atoms with van der Waals surface area (Å²) in [4.78, 5) is 26.7. The lowest BCUT2D eigenvalue weighted by Crippen LogP contribution is -2.36. The Labute approximate surface area is 189 Å². The largest absolute Gasteiger partial charge is 0.425 e. The van der Waals surface area contributed by atoms with Crippen LogP contribution in [0.5, 0.6) is 0 Å². The van der Waals surface area contributed by atoms with Crippen LogP contribution in [-0.2, 0) is 19.4 Å². The average molecular weight is 444 g/mol. The van der Waals surface area contributed by atoms with Crippen molar-refractivity contribution < 1.29 is 5.21 Å². The third-order valence-corrected chi connectivity index (χ3v) is 6.07. The van der Waals surface area contributed by atoms with Crippen molar-refractivity contribution >= 4 is 16.7 Å². The first-order valence-electron chi connectivity index (χ1n) is 11.0. The van der Waals surface area contributed by atoms with Gasteiger partial charge in [0.15, 0.2) is 0 Å². The summed E-state index contributed by atoms with van der Waals surface area (Å²) in [5, 5.41) is 16.8. The van der Waals surface area contributed by atoms with Crippen LogP contribution in [0.4, 0.5) is 5.69 Å². The fraction of sp³-hybridized carbons (Fsp3) is 0.200. The summed E-state index contributed by atoms with van der Waals surface area (Å²) in [6, 6.07) is 13.6. The number of anilines is 1. The van der Waals surface area contributed by atoms with E-state index >= 15 is 0 Å². The number of para-hydroxylation sites is 1. The second-order valence-corrected chi connectivity index (χ2v) is 8.28. The smallest absolute Gasteiger partial charge is 0.348 e. The Morgan fingerprint density at radius 2 is 1.85 bits per heavy atom. The Hall–Kier alpha value is -4.20. The molecule has 0 atom stereocenters. The van der Waals surface area contributed by atoms with Crippen LogP contribution in [0.3, 0.4) is 0 Å². The molecule has 0 amide bonds. The predicted octanol–water partition coefficient (Wildman–Crippen LogP) is 3.27. The maximum Gasteiger partial charge on any atom is 0.348 e. The zero-order chi connectivity index (χ0) is 22.9. The van der Waals surface area contributed by atoms with E-state index in [9.17, 15) is 14.8 Å². The van der Waals surface area contributed by atoms with Crippen LogP contribution >= 0.6 is 0 Å². The van der Waals surface area contributed by atoms with Crippen molar-refractivity contribution in [3.63, 3.8) is 0 Å². The van der Waals surface area contributed by atoms with Crippen molar-refractivity contribution in [1.82, 2.24) is 19.6 Å². The molecule has 0 radical (unpaired) electrons. The first kappa shape index (κ1) is 20.7. The number of nitrogens with one attached hydrogen (secondary N) is 3. The van der Waals surface area contributed by atoms with E-state index in [0.717, 1.165) is 53.7 Å². The number of H-pyrrole nitrogens is 1. The van der Waals surface area contributed by atoms with E-state index in [0.29, 0.717) is 28.1 Å². The highest BCUT2D eigenvalue weighted by molar-refractivity contribution is 5.83. The third-order valence-electron chi connectivity index (χ3n) is 6.07. The zero-order valence-electron chi connectivity index (χ0n) is 18.1. The van der Waals surface area contributed by atoms with Gasteiger partial charge < -0.3 is 25.4 Å². The molecule has 4 N–H and O–H groups in total. The summed E-state index contributed by atoms with van der Waals surface area (Å²) < 4.78 is 2.46. The molecule has 0 unspecified atom stereocenters. The van der Waals surface area contributed by atoms with Gasteiger partial charge in [-0.3, -0.25) is 9.59 Å². The second-order valence-electron chi connectivity index (χ2n) is 8.28. The average Bonchev–Trinajstić information content (AvgIpc) is 3.30. The van der Waals surface area contributed by atoms with Crippen molar-refractivity contribution in [2.45, 2.75) is 32.2 Å². The molecule has 0 fully saturated rings. The molecule has 4 aromatic rings. The number of aromatic nitrogens is 3. The molecule has 0 aliphatic heterocycles. The van der Waals surface area contributed by atoms with Crippen molar-refractivity contribution in [3.8, 4) is 5.69 Å². The SMILES string of the molecule is C=C(NCc1ccn(-c2cc3c([nH]c(=O)c(=O)n3O)c3c2CCCC3)c1)Nc1ccccc1. The number of benzene rings is 2. The van der Waals surface area contributed by atoms with Crippen LogP contribution in [0.25, 0.3) is 16.7 Å². The highest BCUT2D eigenvalue weighted by atomic mass is 16.5. The van der Waals surface area contributed by atoms with Crippen LogP contribution in [0.1, 0.15) is 29.5 Å². The highest BCUT2D eigenvalue weighted by Gasteiger charge is 2.21. The molecule has 8 nitrogen and oxygen atoms in total. The molecule has 2 heterocycles. The summed E-state index contributed by atoms with van der Waals surface area (Å²) in [5.74, 6) is 0.699. The predicted molar refractivity (Wildman–Crippen MR) is 128 cm³/mol. The quantitative estimate of drug-likeness (QED) is 0.271. The van der Waals surface area contributed by atoms with Crippen molar-refractivity contribution in [2.24, 2.45) is 0 Å². The van der Waals surface area contributed by atoms with Crippen molar-refractivity contribution in [2.75, 3.05) is 5.32 Å². The van der Waals surface area contributed by atoms with Crippen LogP contribution in [-0.4, -0.2) is 19.5 Å². The Balaban J connectivity index is 1.45. The van der Waals surface area contributed by atoms with E-state index in [-0.39, 0.29) is 0 Å². The molecule has 0 saturated heterocycles. The molecule has 8 heteroatoms. The number of hydrogen-bond donors (Lipinski definition) is 4. The lowest BCUT2D eigenvalue weighted by Gasteiger charge is -2.22. The van der Waals surface area contributed by atoms with Crippen molar-refractivity contribution in [1.29, 1.82) is 0 Å². The molecule has 1 aliphatic rings. The number of aryl methyl sites for hydroxylation is 1. The van der Waals surface area contributed by atoms with E-state index in [1.54, 1.807) is 6.07 Å². The molecule has 0 saturated carbocycles. The van der Waals surface area contributed by atoms with Gasteiger partial charge >= 0.3 is 11.1 Å². The Kier molecular flexibility index (Phi) is 5.26. The van der Waals surface area contributed by atoms with Crippen LogP contribution < -0.4 is 21.8 Å². The van der Waals surface area contributed by atoms with Gasteiger partial charge in [0.25, 0.3) is 0 Å². The van der Waals surface area contributed by atoms with Gasteiger partial charge in [0.2, 0.25) is 0 Å². The van der Waals surface area contributed by atoms with Gasteiger partial charge in [-0.25, -0.2) is 0 Å². The summed E-state index contributed by atoms with van der Waals surface area (Å²) >= 11 is 0. The molecule has 168 valence electrons. The molecule has 1 aliphatic carbocycles. The van der Waals surface area contributed by atoms with Gasteiger partial charge in [0.1, 0.15) is 5.52 Å². The minimum absolute atomic E-state index is 0.309. The van der Waals surface area contributed by atoms with E-state index in [1.165, 1.54) is 0 Å². The van der Waals surface area contributed by atoms with Crippen molar-refractivity contribution in [3.05, 3.63) is 105 Å². The van der Waals surface area contributed by atoms with Gasteiger partial charge in [-0.1, -0.05) is 24.8 Å².